The van der Waals surface area contributed by atoms with Crippen LogP contribution < -0.4 is 0 Å². The van der Waals surface area contributed by atoms with Gasteiger partial charge in [0.25, 0.3) is 6.47 Å². The molecule has 0 radical (unpaired) electrons. The smallest absolute Gasteiger partial charge is 0.328 e. The summed E-state index contributed by atoms with van der Waals surface area (Å²) in [6.07, 6.45) is 21.3. The fourth-order valence-corrected chi connectivity index (χ4v) is 3.12. The average Bonchev–Trinajstić information content (AvgIpc) is 2.75. The lowest BCUT2D eigenvalue weighted by Gasteiger charge is -2.26. The highest BCUT2D eigenvalue weighted by molar-refractivity contribution is 5.78. The molecule has 0 aromatic carbocycles. The number of hydrogen-bond donors (Lipinski definition) is 0. The molecule has 1 atom stereocenters. The number of hydrogen-bond acceptors (Lipinski definition) is 5. The van der Waals surface area contributed by atoms with Crippen molar-refractivity contribution in [3.63, 3.8) is 0 Å². The largest absolute Gasteiger partial charge is 0.466 e. The number of rotatable bonds is 21. The Labute approximate surface area is 182 Å². The van der Waals surface area contributed by atoms with E-state index in [1.807, 2.05) is 0 Å². The summed E-state index contributed by atoms with van der Waals surface area (Å²) in [5.41, 5.74) is 0. The van der Waals surface area contributed by atoms with Gasteiger partial charge in [-0.2, -0.15) is 0 Å². The Morgan fingerprint density at radius 2 is 1.57 bits per heavy atom. The van der Waals surface area contributed by atoms with Crippen LogP contribution in [0.25, 0.3) is 0 Å². The van der Waals surface area contributed by atoms with Crippen molar-refractivity contribution < 1.29 is 23.9 Å². The van der Waals surface area contributed by atoms with Gasteiger partial charge >= 0.3 is 5.97 Å². The maximum Gasteiger partial charge on any atom is 0.328 e. The minimum absolute atomic E-state index is 0.0679. The third kappa shape index (κ3) is 15.8. The molecule has 172 valence electrons. The predicted molar refractivity (Wildman–Crippen MR) is 120 cm³/mol. The summed E-state index contributed by atoms with van der Waals surface area (Å²) >= 11 is 0. The number of nitrogens with zero attached hydrogens (tertiary/aromatic N) is 1. The zero-order valence-corrected chi connectivity index (χ0v) is 18.9. The van der Waals surface area contributed by atoms with Crippen LogP contribution in [-0.2, 0) is 23.9 Å². The second kappa shape index (κ2) is 21.6. The molecule has 0 saturated carbocycles. The molecule has 6 heteroatoms. The number of allylic oxidation sites excluding steroid dienone is 4. The fourth-order valence-electron chi connectivity index (χ4n) is 3.12. The minimum Gasteiger partial charge on any atom is -0.466 e. The molecule has 0 bridgehead atoms. The topological polar surface area (TPSA) is 72.9 Å². The first-order valence-corrected chi connectivity index (χ1v) is 11.4. The lowest BCUT2D eigenvalue weighted by molar-refractivity contribution is -0.152. The van der Waals surface area contributed by atoms with Crippen molar-refractivity contribution in [2.75, 3.05) is 19.8 Å². The SMILES string of the molecule is CCCCC/C=C\C/C=C\CCCCCCC(C(=O)OCC)N(C=O)CCOC=O. The molecule has 6 nitrogen and oxygen atoms in total. The third-order valence-corrected chi connectivity index (χ3v) is 4.81. The van der Waals surface area contributed by atoms with Gasteiger partial charge in [-0.1, -0.05) is 63.3 Å². The molecule has 0 aromatic heterocycles. The Bertz CT molecular complexity index is 490. The van der Waals surface area contributed by atoms with Crippen LogP contribution in [-0.4, -0.2) is 49.6 Å². The van der Waals surface area contributed by atoms with Crippen LogP contribution in [0.5, 0.6) is 0 Å². The van der Waals surface area contributed by atoms with Crippen molar-refractivity contribution in [3.8, 4) is 0 Å². The molecule has 30 heavy (non-hydrogen) atoms. The van der Waals surface area contributed by atoms with Crippen molar-refractivity contribution in [2.24, 2.45) is 0 Å². The normalized spacial score (nSPS) is 12.2. The lowest BCUT2D eigenvalue weighted by atomic mass is 10.0. The van der Waals surface area contributed by atoms with E-state index in [1.54, 1.807) is 6.92 Å². The van der Waals surface area contributed by atoms with Gasteiger partial charge in [-0.05, 0) is 45.4 Å². The number of amides is 1. The summed E-state index contributed by atoms with van der Waals surface area (Å²) in [6.45, 7) is 4.82. The summed E-state index contributed by atoms with van der Waals surface area (Å²) in [5, 5.41) is 0. The van der Waals surface area contributed by atoms with E-state index in [-0.39, 0.29) is 19.8 Å². The van der Waals surface area contributed by atoms with E-state index in [2.05, 4.69) is 36.0 Å². The molecular formula is C24H41NO5. The fraction of sp³-hybridized carbons (Fsp3) is 0.708. The quantitative estimate of drug-likeness (QED) is 0.113. The van der Waals surface area contributed by atoms with Gasteiger partial charge in [-0.15, -0.1) is 0 Å². The van der Waals surface area contributed by atoms with Crippen molar-refractivity contribution in [3.05, 3.63) is 24.3 Å². The van der Waals surface area contributed by atoms with Crippen molar-refractivity contribution in [1.82, 2.24) is 4.90 Å². The van der Waals surface area contributed by atoms with E-state index in [4.69, 9.17) is 4.74 Å². The molecule has 0 spiro atoms. The maximum atomic E-state index is 12.2. The van der Waals surface area contributed by atoms with Gasteiger partial charge in [0, 0.05) is 0 Å². The molecule has 0 N–H and O–H groups in total. The van der Waals surface area contributed by atoms with Gasteiger partial charge in [0.15, 0.2) is 0 Å². The first-order valence-electron chi connectivity index (χ1n) is 11.4. The predicted octanol–water partition coefficient (Wildman–Crippen LogP) is 4.97. The first-order chi connectivity index (χ1) is 14.7. The Morgan fingerprint density at radius 1 is 0.900 bits per heavy atom. The van der Waals surface area contributed by atoms with E-state index in [9.17, 15) is 14.4 Å². The molecule has 0 saturated heterocycles. The summed E-state index contributed by atoms with van der Waals surface area (Å²) in [4.78, 5) is 35.2. The summed E-state index contributed by atoms with van der Waals surface area (Å²) in [6, 6.07) is -0.623. The van der Waals surface area contributed by atoms with E-state index in [0.29, 0.717) is 19.3 Å². The molecule has 0 heterocycles. The van der Waals surface area contributed by atoms with Crippen LogP contribution in [0.2, 0.25) is 0 Å². The molecule has 0 rings (SSSR count). The Kier molecular flexibility index (Phi) is 20.1. The standard InChI is InChI=1S/C24H41NO5/c1-3-5-6-7-8-9-10-11-12-13-14-15-16-17-18-23(24(28)30-4-2)25(21-26)19-20-29-22-27/h8-9,11-12,21-23H,3-7,10,13-20H2,1-2H3/b9-8-,12-11-. The van der Waals surface area contributed by atoms with Crippen molar-refractivity contribution in [1.29, 1.82) is 0 Å². The van der Waals surface area contributed by atoms with E-state index < -0.39 is 12.0 Å². The zero-order chi connectivity index (χ0) is 22.3. The molecule has 1 unspecified atom stereocenters. The Morgan fingerprint density at radius 3 is 2.17 bits per heavy atom. The Hall–Kier alpha value is -2.11. The van der Waals surface area contributed by atoms with Crippen LogP contribution in [0.3, 0.4) is 0 Å². The van der Waals surface area contributed by atoms with Crippen LogP contribution >= 0.6 is 0 Å². The number of carbonyl (C=O) groups excluding carboxylic acids is 3. The molecule has 0 aromatic rings. The molecule has 1 amide bonds. The second-order valence-electron chi connectivity index (χ2n) is 7.24. The monoisotopic (exact) mass is 423 g/mol. The average molecular weight is 424 g/mol. The second-order valence-corrected chi connectivity index (χ2v) is 7.24. The van der Waals surface area contributed by atoms with Gasteiger partial charge in [0.05, 0.1) is 13.2 Å². The summed E-state index contributed by atoms with van der Waals surface area (Å²) < 4.78 is 9.74. The van der Waals surface area contributed by atoms with Gasteiger partial charge in [0.2, 0.25) is 6.41 Å². The lowest BCUT2D eigenvalue weighted by Crippen LogP contribution is -2.43. The third-order valence-electron chi connectivity index (χ3n) is 4.81. The first kappa shape index (κ1) is 27.9. The zero-order valence-electron chi connectivity index (χ0n) is 18.9. The highest BCUT2D eigenvalue weighted by Crippen LogP contribution is 2.13. The van der Waals surface area contributed by atoms with Crippen molar-refractivity contribution >= 4 is 18.9 Å². The van der Waals surface area contributed by atoms with Crippen LogP contribution in [0.4, 0.5) is 0 Å². The maximum absolute atomic E-state index is 12.2. The molecule has 0 aliphatic carbocycles. The highest BCUT2D eigenvalue weighted by atomic mass is 16.5. The summed E-state index contributed by atoms with van der Waals surface area (Å²) in [7, 11) is 0. The van der Waals surface area contributed by atoms with Gasteiger partial charge in [-0.25, -0.2) is 4.79 Å². The highest BCUT2D eigenvalue weighted by Gasteiger charge is 2.25. The molecule has 0 aliphatic heterocycles. The van der Waals surface area contributed by atoms with E-state index in [1.165, 1.54) is 30.6 Å². The molecule has 0 aliphatic rings. The molecular weight excluding hydrogens is 382 g/mol. The molecule has 0 fully saturated rings. The van der Waals surface area contributed by atoms with Gasteiger partial charge < -0.3 is 14.4 Å². The van der Waals surface area contributed by atoms with Gasteiger partial charge in [-0.3, -0.25) is 9.59 Å². The number of unbranched alkanes of at least 4 members (excludes halogenated alkanes) is 7. The number of ether oxygens (including phenoxy) is 2. The van der Waals surface area contributed by atoms with Crippen molar-refractivity contribution in [2.45, 2.75) is 90.5 Å². The van der Waals surface area contributed by atoms with E-state index in [0.717, 1.165) is 38.5 Å². The van der Waals surface area contributed by atoms with Crippen LogP contribution in [0.15, 0.2) is 24.3 Å². The number of esters is 1. The van der Waals surface area contributed by atoms with Crippen LogP contribution in [0.1, 0.15) is 84.5 Å². The summed E-state index contributed by atoms with van der Waals surface area (Å²) in [5.74, 6) is -0.401. The Balaban J connectivity index is 4.04. The number of carbonyl (C=O) groups is 3. The van der Waals surface area contributed by atoms with Gasteiger partial charge in [0.1, 0.15) is 12.6 Å². The van der Waals surface area contributed by atoms with E-state index >= 15 is 0 Å². The van der Waals surface area contributed by atoms with Crippen LogP contribution in [0, 0.1) is 0 Å². The minimum atomic E-state index is -0.623.